The maximum atomic E-state index is 13.3. The van der Waals surface area contributed by atoms with Gasteiger partial charge in [0.1, 0.15) is 5.82 Å². The second kappa shape index (κ2) is 5.07. The van der Waals surface area contributed by atoms with Gasteiger partial charge < -0.3 is 11.1 Å². The predicted molar refractivity (Wildman–Crippen MR) is 61.6 cm³/mol. The number of rotatable bonds is 4. The lowest BCUT2D eigenvalue weighted by atomic mass is 10.00. The van der Waals surface area contributed by atoms with Crippen LogP contribution in [-0.2, 0) is 0 Å². The van der Waals surface area contributed by atoms with Gasteiger partial charge in [-0.05, 0) is 38.9 Å². The fourth-order valence-corrected chi connectivity index (χ4v) is 1.44. The Morgan fingerprint density at radius 3 is 2.62 bits per heavy atom. The van der Waals surface area contributed by atoms with Gasteiger partial charge in [-0.3, -0.25) is 4.79 Å². The number of hydrogen-bond acceptors (Lipinski definition) is 2. The van der Waals surface area contributed by atoms with Crippen molar-refractivity contribution >= 4 is 5.91 Å². The van der Waals surface area contributed by atoms with Crippen LogP contribution in [0.3, 0.4) is 0 Å². The van der Waals surface area contributed by atoms with Gasteiger partial charge in [-0.25, -0.2) is 4.39 Å². The van der Waals surface area contributed by atoms with Crippen LogP contribution in [0.1, 0.15) is 30.6 Å². The third kappa shape index (κ3) is 3.31. The van der Waals surface area contributed by atoms with E-state index in [1.807, 2.05) is 13.8 Å². The van der Waals surface area contributed by atoms with Crippen molar-refractivity contribution in [3.8, 4) is 0 Å². The van der Waals surface area contributed by atoms with Crippen LogP contribution in [0, 0.1) is 5.82 Å². The monoisotopic (exact) mass is 224 g/mol. The first-order valence-electron chi connectivity index (χ1n) is 5.23. The van der Waals surface area contributed by atoms with E-state index < -0.39 is 17.3 Å². The summed E-state index contributed by atoms with van der Waals surface area (Å²) < 4.78 is 13.3. The van der Waals surface area contributed by atoms with Gasteiger partial charge in [-0.2, -0.15) is 0 Å². The second-order valence-corrected chi connectivity index (χ2v) is 4.36. The largest absolute Gasteiger partial charge is 0.347 e. The molecule has 0 bridgehead atoms. The Balaban J connectivity index is 2.77. The van der Waals surface area contributed by atoms with Gasteiger partial charge in [0.25, 0.3) is 5.91 Å². The van der Waals surface area contributed by atoms with Crippen LogP contribution in [0.15, 0.2) is 24.3 Å². The Kier molecular flexibility index (Phi) is 4.01. The van der Waals surface area contributed by atoms with Crippen LogP contribution in [0.25, 0.3) is 0 Å². The summed E-state index contributed by atoms with van der Waals surface area (Å²) in [7, 11) is 0. The zero-order valence-electron chi connectivity index (χ0n) is 9.59. The quantitative estimate of drug-likeness (QED) is 0.817. The zero-order chi connectivity index (χ0) is 12.2. The molecular formula is C12H17FN2O. The van der Waals surface area contributed by atoms with Gasteiger partial charge in [0.05, 0.1) is 5.56 Å². The molecule has 0 aromatic heterocycles. The summed E-state index contributed by atoms with van der Waals surface area (Å²) in [4.78, 5) is 11.8. The van der Waals surface area contributed by atoms with E-state index >= 15 is 0 Å². The number of amides is 1. The molecule has 3 nitrogen and oxygen atoms in total. The van der Waals surface area contributed by atoms with Gasteiger partial charge in [0.2, 0.25) is 0 Å². The van der Waals surface area contributed by atoms with E-state index in [1.54, 1.807) is 12.1 Å². The van der Waals surface area contributed by atoms with Crippen molar-refractivity contribution in [3.05, 3.63) is 35.6 Å². The Morgan fingerprint density at radius 1 is 1.44 bits per heavy atom. The molecule has 0 unspecified atom stereocenters. The van der Waals surface area contributed by atoms with E-state index in [0.29, 0.717) is 13.0 Å². The molecular weight excluding hydrogens is 207 g/mol. The molecule has 0 aliphatic heterocycles. The Morgan fingerprint density at radius 2 is 2.06 bits per heavy atom. The molecule has 0 saturated heterocycles. The minimum atomic E-state index is -0.511. The number of hydrogen-bond donors (Lipinski definition) is 2. The summed E-state index contributed by atoms with van der Waals surface area (Å²) in [5.41, 5.74) is 5.07. The first-order valence-corrected chi connectivity index (χ1v) is 5.23. The molecule has 1 amide bonds. The first-order chi connectivity index (χ1) is 7.46. The molecule has 0 atom stereocenters. The van der Waals surface area contributed by atoms with Gasteiger partial charge in [-0.1, -0.05) is 12.1 Å². The zero-order valence-corrected chi connectivity index (χ0v) is 9.59. The van der Waals surface area contributed by atoms with Crippen molar-refractivity contribution < 1.29 is 9.18 Å². The van der Waals surface area contributed by atoms with Crippen molar-refractivity contribution in [2.75, 3.05) is 6.54 Å². The average molecular weight is 224 g/mol. The maximum Gasteiger partial charge on any atom is 0.254 e. The normalized spacial score (nSPS) is 11.2. The van der Waals surface area contributed by atoms with Crippen LogP contribution < -0.4 is 11.1 Å². The highest BCUT2D eigenvalue weighted by Crippen LogP contribution is 2.11. The van der Waals surface area contributed by atoms with E-state index in [9.17, 15) is 9.18 Å². The summed E-state index contributed by atoms with van der Waals surface area (Å²) in [5.74, 6) is -0.917. The summed E-state index contributed by atoms with van der Waals surface area (Å²) in [5, 5.41) is 2.76. The topological polar surface area (TPSA) is 55.1 Å². The lowest BCUT2D eigenvalue weighted by Crippen LogP contribution is -2.45. The van der Waals surface area contributed by atoms with Gasteiger partial charge >= 0.3 is 0 Å². The fraction of sp³-hybridized carbons (Fsp3) is 0.417. The van der Waals surface area contributed by atoms with Crippen LogP contribution in [0.2, 0.25) is 0 Å². The maximum absolute atomic E-state index is 13.3. The lowest BCUT2D eigenvalue weighted by molar-refractivity contribution is 0.0906. The van der Waals surface area contributed by atoms with Crippen LogP contribution in [0.4, 0.5) is 4.39 Å². The second-order valence-electron chi connectivity index (χ2n) is 4.36. The van der Waals surface area contributed by atoms with Crippen LogP contribution >= 0.6 is 0 Å². The van der Waals surface area contributed by atoms with Gasteiger partial charge in [0.15, 0.2) is 0 Å². The van der Waals surface area contributed by atoms with Crippen LogP contribution in [0.5, 0.6) is 0 Å². The molecule has 0 aliphatic rings. The molecule has 0 aliphatic carbocycles. The standard InChI is InChI=1S/C12H17FN2O/c1-12(2,7-8-14)15-11(16)9-5-3-4-6-10(9)13/h3-6H,7-8,14H2,1-2H3,(H,15,16). The minimum Gasteiger partial charge on any atom is -0.347 e. The smallest absolute Gasteiger partial charge is 0.254 e. The van der Waals surface area contributed by atoms with Crippen molar-refractivity contribution in [1.82, 2.24) is 5.32 Å². The molecule has 0 spiro atoms. The average Bonchev–Trinajstić information content (AvgIpc) is 2.17. The Bertz CT molecular complexity index is 377. The SMILES string of the molecule is CC(C)(CCN)NC(=O)c1ccccc1F. The van der Waals surface area contributed by atoms with Crippen LogP contribution in [-0.4, -0.2) is 18.0 Å². The molecule has 1 aromatic rings. The summed E-state index contributed by atoms with van der Waals surface area (Å²) in [6.07, 6.45) is 0.646. The minimum absolute atomic E-state index is 0.0626. The van der Waals surface area contributed by atoms with E-state index in [2.05, 4.69) is 5.32 Å². The third-order valence-corrected chi connectivity index (χ3v) is 2.34. The molecule has 16 heavy (non-hydrogen) atoms. The van der Waals surface area contributed by atoms with Crippen molar-refractivity contribution in [3.63, 3.8) is 0 Å². The molecule has 0 radical (unpaired) electrons. The molecule has 3 N–H and O–H groups in total. The molecule has 0 fully saturated rings. The molecule has 1 aromatic carbocycles. The van der Waals surface area contributed by atoms with E-state index in [0.717, 1.165) is 0 Å². The highest BCUT2D eigenvalue weighted by Gasteiger charge is 2.21. The predicted octanol–water partition coefficient (Wildman–Crippen LogP) is 1.68. The molecule has 1 rings (SSSR count). The van der Waals surface area contributed by atoms with E-state index in [4.69, 9.17) is 5.73 Å². The number of carbonyl (C=O) groups is 1. The molecule has 88 valence electrons. The number of nitrogens with two attached hydrogens (primary N) is 1. The summed E-state index contributed by atoms with van der Waals surface area (Å²) >= 11 is 0. The van der Waals surface area contributed by atoms with Crippen molar-refractivity contribution in [1.29, 1.82) is 0 Å². The number of nitrogens with one attached hydrogen (secondary N) is 1. The van der Waals surface area contributed by atoms with E-state index in [-0.39, 0.29) is 5.56 Å². The lowest BCUT2D eigenvalue weighted by Gasteiger charge is -2.25. The highest BCUT2D eigenvalue weighted by atomic mass is 19.1. The number of carbonyl (C=O) groups excluding carboxylic acids is 1. The van der Waals surface area contributed by atoms with Gasteiger partial charge in [-0.15, -0.1) is 0 Å². The Hall–Kier alpha value is -1.42. The fourth-order valence-electron chi connectivity index (χ4n) is 1.44. The van der Waals surface area contributed by atoms with Gasteiger partial charge in [0, 0.05) is 5.54 Å². The highest BCUT2D eigenvalue weighted by molar-refractivity contribution is 5.94. The number of benzene rings is 1. The molecule has 4 heteroatoms. The molecule has 0 heterocycles. The van der Waals surface area contributed by atoms with Crippen molar-refractivity contribution in [2.24, 2.45) is 5.73 Å². The van der Waals surface area contributed by atoms with Crippen molar-refractivity contribution in [2.45, 2.75) is 25.8 Å². The van der Waals surface area contributed by atoms with E-state index in [1.165, 1.54) is 12.1 Å². The molecule has 0 saturated carbocycles. The first kappa shape index (κ1) is 12.6. The Labute approximate surface area is 94.8 Å². The summed E-state index contributed by atoms with van der Waals surface area (Å²) in [6, 6.07) is 5.92. The third-order valence-electron chi connectivity index (χ3n) is 2.34. The number of halogens is 1. The summed E-state index contributed by atoms with van der Waals surface area (Å²) in [6.45, 7) is 4.20.